The first-order chi connectivity index (χ1) is 17.6. The highest BCUT2D eigenvalue weighted by Crippen LogP contribution is 2.38. The molecule has 1 fully saturated rings. The monoisotopic (exact) mass is 489 g/mol. The Balaban J connectivity index is 1.46. The van der Waals surface area contributed by atoms with Crippen molar-refractivity contribution < 1.29 is 5.11 Å². The first-order valence-electron chi connectivity index (χ1n) is 14.9. The van der Waals surface area contributed by atoms with Gasteiger partial charge < -0.3 is 5.11 Å². The maximum Gasteiger partial charge on any atom is 0.123 e. The Labute approximate surface area is 221 Å². The zero-order valence-corrected chi connectivity index (χ0v) is 23.1. The predicted octanol–water partition coefficient (Wildman–Crippen LogP) is 8.97. The van der Waals surface area contributed by atoms with Crippen molar-refractivity contribution in [1.82, 2.24) is 5.32 Å². The lowest BCUT2D eigenvalue weighted by Crippen LogP contribution is -2.28. The van der Waals surface area contributed by atoms with Gasteiger partial charge in [0.05, 0.1) is 0 Å². The number of hydrogen-bond acceptors (Lipinski definition) is 2. The fraction of sp³-hybridized carbons (Fsp3) is 0.588. The third-order valence-corrected chi connectivity index (χ3v) is 8.30. The van der Waals surface area contributed by atoms with Crippen LogP contribution in [-0.2, 0) is 12.8 Å². The van der Waals surface area contributed by atoms with E-state index < -0.39 is 6.23 Å². The van der Waals surface area contributed by atoms with Crippen LogP contribution in [0.3, 0.4) is 0 Å². The zero-order valence-electron chi connectivity index (χ0n) is 23.1. The number of nitrogens with one attached hydrogen (secondary N) is 1. The summed E-state index contributed by atoms with van der Waals surface area (Å²) < 4.78 is 0. The van der Waals surface area contributed by atoms with Gasteiger partial charge in [-0.2, -0.15) is 0 Å². The van der Waals surface area contributed by atoms with E-state index in [0.717, 1.165) is 31.2 Å². The summed E-state index contributed by atoms with van der Waals surface area (Å²) in [6.45, 7) is 8.89. The quantitative estimate of drug-likeness (QED) is 0.140. The van der Waals surface area contributed by atoms with Crippen LogP contribution < -0.4 is 5.32 Å². The highest BCUT2D eigenvalue weighted by atomic mass is 16.3. The molecular formula is C34H51NO. The normalized spacial score (nSPS) is 18.8. The van der Waals surface area contributed by atoms with Crippen LogP contribution in [0.15, 0.2) is 55.1 Å². The number of aryl methyl sites for hydroxylation is 1. The molecule has 2 heteroatoms. The maximum absolute atomic E-state index is 9.60. The average molecular weight is 490 g/mol. The Hall–Kier alpha value is -1.90. The molecule has 1 saturated carbocycles. The molecule has 0 aliphatic heterocycles. The van der Waals surface area contributed by atoms with Crippen LogP contribution in [0.1, 0.15) is 114 Å². The smallest absolute Gasteiger partial charge is 0.123 e. The van der Waals surface area contributed by atoms with E-state index in [2.05, 4.69) is 68.2 Å². The van der Waals surface area contributed by atoms with Gasteiger partial charge in [0.25, 0.3) is 0 Å². The third-order valence-electron chi connectivity index (χ3n) is 8.30. The number of benzene rings is 2. The van der Waals surface area contributed by atoms with Crippen molar-refractivity contribution in [3.8, 4) is 11.1 Å². The molecule has 36 heavy (non-hydrogen) atoms. The summed E-state index contributed by atoms with van der Waals surface area (Å²) in [4.78, 5) is 0. The van der Waals surface area contributed by atoms with E-state index in [-0.39, 0.29) is 0 Å². The van der Waals surface area contributed by atoms with Crippen molar-refractivity contribution in [2.45, 2.75) is 116 Å². The molecule has 0 saturated heterocycles. The van der Waals surface area contributed by atoms with Crippen molar-refractivity contribution in [3.05, 3.63) is 71.8 Å². The van der Waals surface area contributed by atoms with Gasteiger partial charge in [0.1, 0.15) is 6.23 Å². The van der Waals surface area contributed by atoms with Crippen LogP contribution in [0.4, 0.5) is 0 Å². The van der Waals surface area contributed by atoms with Crippen LogP contribution in [0.25, 0.3) is 11.1 Å². The Morgan fingerprint density at radius 1 is 0.917 bits per heavy atom. The fourth-order valence-electron chi connectivity index (χ4n) is 5.93. The molecule has 2 aromatic carbocycles. The molecule has 0 radical (unpaired) electrons. The standard InChI is InChI=1S/C34H51NO/c1-4-7-8-9-10-11-12-13-27-14-17-30(18-15-27)31-19-21-32(22-20-31)33-23-16-28(26-29(33)5-2)24-25-35-34(36)6-3/h6,16,19-23,26-27,30,34-36H,3-5,7-15,17-18,24-25H2,1-2H3. The molecule has 198 valence electrons. The van der Waals surface area contributed by atoms with E-state index in [1.54, 1.807) is 0 Å². The zero-order chi connectivity index (χ0) is 25.6. The van der Waals surface area contributed by atoms with E-state index in [1.165, 1.54) is 111 Å². The second-order valence-electron chi connectivity index (χ2n) is 11.0. The molecule has 2 aromatic rings. The Morgan fingerprint density at radius 2 is 1.61 bits per heavy atom. The molecule has 0 spiro atoms. The minimum Gasteiger partial charge on any atom is -0.375 e. The summed E-state index contributed by atoms with van der Waals surface area (Å²) in [6.07, 6.45) is 19.8. The van der Waals surface area contributed by atoms with Crippen molar-refractivity contribution in [3.63, 3.8) is 0 Å². The van der Waals surface area contributed by atoms with Gasteiger partial charge in [0.2, 0.25) is 0 Å². The maximum atomic E-state index is 9.60. The number of unbranched alkanes of at least 4 members (excludes halogenated alkanes) is 6. The van der Waals surface area contributed by atoms with Gasteiger partial charge in [-0.1, -0.05) is 114 Å². The second kappa shape index (κ2) is 16.0. The summed E-state index contributed by atoms with van der Waals surface area (Å²) in [5.41, 5.74) is 6.93. The number of hydrogen-bond donors (Lipinski definition) is 2. The van der Waals surface area contributed by atoms with E-state index in [0.29, 0.717) is 0 Å². The molecule has 1 aliphatic rings. The van der Waals surface area contributed by atoms with Crippen molar-refractivity contribution in [1.29, 1.82) is 0 Å². The molecule has 2 nitrogen and oxygen atoms in total. The van der Waals surface area contributed by atoms with Crippen LogP contribution in [0.2, 0.25) is 0 Å². The number of rotatable bonds is 16. The average Bonchev–Trinajstić information content (AvgIpc) is 2.93. The minimum absolute atomic E-state index is 0.631. The Morgan fingerprint density at radius 3 is 2.28 bits per heavy atom. The summed E-state index contributed by atoms with van der Waals surface area (Å²) in [5, 5.41) is 12.7. The molecule has 2 N–H and O–H groups in total. The predicted molar refractivity (Wildman–Crippen MR) is 156 cm³/mol. The first kappa shape index (κ1) is 28.7. The number of aliphatic hydroxyl groups excluding tert-OH is 1. The molecule has 0 amide bonds. The SMILES string of the molecule is C=CC(O)NCCc1ccc(-c2ccc(C3CCC(CCCCCCCCC)CC3)cc2)c(CC)c1. The lowest BCUT2D eigenvalue weighted by Gasteiger charge is -2.29. The molecular weight excluding hydrogens is 438 g/mol. The Kier molecular flexibility index (Phi) is 12.8. The first-order valence-corrected chi connectivity index (χ1v) is 14.9. The molecule has 0 heterocycles. The van der Waals surface area contributed by atoms with Crippen LogP contribution in [-0.4, -0.2) is 17.9 Å². The summed E-state index contributed by atoms with van der Waals surface area (Å²) in [5.74, 6) is 1.72. The lowest BCUT2D eigenvalue weighted by molar-refractivity contribution is 0.186. The van der Waals surface area contributed by atoms with Gasteiger partial charge >= 0.3 is 0 Å². The van der Waals surface area contributed by atoms with E-state index in [9.17, 15) is 5.11 Å². The summed E-state index contributed by atoms with van der Waals surface area (Å²) >= 11 is 0. The third kappa shape index (κ3) is 9.20. The topological polar surface area (TPSA) is 32.3 Å². The highest BCUT2D eigenvalue weighted by Gasteiger charge is 2.22. The molecule has 3 rings (SSSR count). The van der Waals surface area contributed by atoms with E-state index in [1.807, 2.05) is 0 Å². The lowest BCUT2D eigenvalue weighted by atomic mass is 9.77. The molecule has 1 unspecified atom stereocenters. The van der Waals surface area contributed by atoms with Crippen molar-refractivity contribution in [2.75, 3.05) is 6.54 Å². The minimum atomic E-state index is -0.631. The number of aliphatic hydroxyl groups is 1. The van der Waals surface area contributed by atoms with Gasteiger partial charge in [-0.05, 0) is 84.3 Å². The largest absolute Gasteiger partial charge is 0.375 e. The molecule has 1 atom stereocenters. The van der Waals surface area contributed by atoms with E-state index in [4.69, 9.17) is 0 Å². The second-order valence-corrected chi connectivity index (χ2v) is 11.0. The molecule has 0 aromatic heterocycles. The Bertz CT molecular complexity index is 879. The van der Waals surface area contributed by atoms with Gasteiger partial charge in [0, 0.05) is 6.54 Å². The van der Waals surface area contributed by atoms with Gasteiger partial charge in [-0.15, -0.1) is 0 Å². The molecule has 1 aliphatic carbocycles. The fourth-order valence-corrected chi connectivity index (χ4v) is 5.93. The molecule has 0 bridgehead atoms. The van der Waals surface area contributed by atoms with Gasteiger partial charge in [-0.3, -0.25) is 5.32 Å². The summed E-state index contributed by atoms with van der Waals surface area (Å²) in [6, 6.07) is 16.3. The highest BCUT2D eigenvalue weighted by molar-refractivity contribution is 5.68. The van der Waals surface area contributed by atoms with Crippen LogP contribution >= 0.6 is 0 Å². The van der Waals surface area contributed by atoms with Gasteiger partial charge in [-0.25, -0.2) is 0 Å². The van der Waals surface area contributed by atoms with Crippen molar-refractivity contribution >= 4 is 0 Å². The van der Waals surface area contributed by atoms with Crippen LogP contribution in [0, 0.1) is 5.92 Å². The summed E-state index contributed by atoms with van der Waals surface area (Å²) in [7, 11) is 0. The van der Waals surface area contributed by atoms with E-state index >= 15 is 0 Å². The van der Waals surface area contributed by atoms with Gasteiger partial charge in [0.15, 0.2) is 0 Å². The van der Waals surface area contributed by atoms with Crippen molar-refractivity contribution in [2.24, 2.45) is 5.92 Å². The van der Waals surface area contributed by atoms with Crippen LogP contribution in [0.5, 0.6) is 0 Å².